The van der Waals surface area contributed by atoms with Gasteiger partial charge in [-0.1, -0.05) is 36.4 Å². The van der Waals surface area contributed by atoms with Gasteiger partial charge in [-0.15, -0.1) is 0 Å². The van der Waals surface area contributed by atoms with Crippen LogP contribution < -0.4 is 0 Å². The summed E-state index contributed by atoms with van der Waals surface area (Å²) >= 11 is 0. The third-order valence-electron chi connectivity index (χ3n) is 2.89. The lowest BCUT2D eigenvalue weighted by Gasteiger charge is -2.08. The first-order chi connectivity index (χ1) is 10.2. The van der Waals surface area contributed by atoms with E-state index in [1.54, 1.807) is 13.0 Å². The lowest BCUT2D eigenvalue weighted by Crippen LogP contribution is -2.07. The Hall–Kier alpha value is -1.65. The summed E-state index contributed by atoms with van der Waals surface area (Å²) in [6, 6.07) is 9.99. The van der Waals surface area contributed by atoms with Gasteiger partial charge in [-0.2, -0.15) is 0 Å². The van der Waals surface area contributed by atoms with E-state index in [0.29, 0.717) is 32.7 Å². The zero-order valence-corrected chi connectivity index (χ0v) is 12.5. The minimum atomic E-state index is -0.448. The Balaban J connectivity index is 2.03. The van der Waals surface area contributed by atoms with Crippen LogP contribution in [0.1, 0.15) is 31.7 Å². The lowest BCUT2D eigenvalue weighted by atomic mass is 10.1. The Morgan fingerprint density at radius 2 is 2.10 bits per heavy atom. The Morgan fingerprint density at radius 1 is 1.33 bits per heavy atom. The van der Waals surface area contributed by atoms with Gasteiger partial charge < -0.3 is 14.6 Å². The number of hydrogen-bond donors (Lipinski definition) is 1. The van der Waals surface area contributed by atoms with Gasteiger partial charge in [0.15, 0.2) is 0 Å². The Morgan fingerprint density at radius 3 is 2.81 bits per heavy atom. The molecule has 0 unspecified atom stereocenters. The van der Waals surface area contributed by atoms with Gasteiger partial charge in [-0.3, -0.25) is 0 Å². The highest BCUT2D eigenvalue weighted by atomic mass is 16.5. The molecule has 1 atom stereocenters. The summed E-state index contributed by atoms with van der Waals surface area (Å²) < 4.78 is 10.3. The molecule has 0 saturated heterocycles. The molecule has 0 aromatic heterocycles. The van der Waals surface area contributed by atoms with Crippen LogP contribution in [0.4, 0.5) is 0 Å². The smallest absolute Gasteiger partial charge is 0.330 e. The van der Waals surface area contributed by atoms with Crippen LogP contribution >= 0.6 is 0 Å². The Labute approximate surface area is 126 Å². The fourth-order valence-corrected chi connectivity index (χ4v) is 1.81. The number of hydrogen-bond acceptors (Lipinski definition) is 4. The second-order valence-electron chi connectivity index (χ2n) is 4.72. The molecule has 0 bridgehead atoms. The predicted octanol–water partition coefficient (Wildman–Crippen LogP) is 2.85. The van der Waals surface area contributed by atoms with E-state index in [1.165, 1.54) is 6.08 Å². The number of aliphatic hydroxyl groups is 1. The van der Waals surface area contributed by atoms with E-state index in [1.807, 2.05) is 30.3 Å². The van der Waals surface area contributed by atoms with E-state index >= 15 is 0 Å². The molecule has 116 valence electrons. The average Bonchev–Trinajstić information content (AvgIpc) is 2.48. The summed E-state index contributed by atoms with van der Waals surface area (Å²) in [4.78, 5) is 11.0. The topological polar surface area (TPSA) is 55.8 Å². The van der Waals surface area contributed by atoms with E-state index in [0.717, 1.165) is 12.0 Å². The second-order valence-corrected chi connectivity index (χ2v) is 4.72. The molecule has 0 radical (unpaired) electrons. The molecule has 4 heteroatoms. The predicted molar refractivity (Wildman–Crippen MR) is 81.7 cm³/mol. The van der Waals surface area contributed by atoms with E-state index < -0.39 is 6.10 Å². The number of carbonyl (C=O) groups excluding carboxylic acids is 1. The van der Waals surface area contributed by atoms with Crippen molar-refractivity contribution in [3.8, 4) is 0 Å². The first-order valence-corrected chi connectivity index (χ1v) is 7.35. The van der Waals surface area contributed by atoms with Gasteiger partial charge in [-0.05, 0) is 31.7 Å². The van der Waals surface area contributed by atoms with Crippen LogP contribution in [0.25, 0.3) is 0 Å². The van der Waals surface area contributed by atoms with Crippen molar-refractivity contribution >= 4 is 5.97 Å². The summed E-state index contributed by atoms with van der Waals surface area (Å²) in [5, 5.41) is 9.75. The van der Waals surface area contributed by atoms with Gasteiger partial charge in [0.25, 0.3) is 0 Å². The first kappa shape index (κ1) is 17.4. The second kappa shape index (κ2) is 11.1. The van der Waals surface area contributed by atoms with Crippen LogP contribution in [0.5, 0.6) is 0 Å². The molecule has 21 heavy (non-hydrogen) atoms. The van der Waals surface area contributed by atoms with E-state index in [-0.39, 0.29) is 5.97 Å². The average molecular weight is 292 g/mol. The van der Waals surface area contributed by atoms with Gasteiger partial charge in [0.1, 0.15) is 0 Å². The third kappa shape index (κ3) is 9.00. The van der Waals surface area contributed by atoms with Crippen molar-refractivity contribution in [3.63, 3.8) is 0 Å². The molecule has 0 aliphatic rings. The van der Waals surface area contributed by atoms with Crippen molar-refractivity contribution in [2.45, 2.75) is 38.9 Å². The minimum Gasteiger partial charge on any atom is -0.463 e. The molecule has 0 aliphatic carbocycles. The molecule has 1 N–H and O–H groups in total. The maximum atomic E-state index is 11.0. The summed E-state index contributed by atoms with van der Waals surface area (Å²) in [5.74, 6) is -0.365. The van der Waals surface area contributed by atoms with Gasteiger partial charge in [0, 0.05) is 12.7 Å². The van der Waals surface area contributed by atoms with Crippen LogP contribution in [0.3, 0.4) is 0 Å². The van der Waals surface area contributed by atoms with Gasteiger partial charge in [0.05, 0.1) is 19.3 Å². The van der Waals surface area contributed by atoms with E-state index in [9.17, 15) is 9.90 Å². The van der Waals surface area contributed by atoms with Crippen molar-refractivity contribution in [2.75, 3.05) is 13.2 Å². The van der Waals surface area contributed by atoms with Crippen molar-refractivity contribution in [1.29, 1.82) is 0 Å². The Kier molecular flexibility index (Phi) is 9.16. The first-order valence-electron chi connectivity index (χ1n) is 7.35. The van der Waals surface area contributed by atoms with Crippen LogP contribution in [0.15, 0.2) is 42.5 Å². The highest BCUT2D eigenvalue weighted by Crippen LogP contribution is 2.05. The monoisotopic (exact) mass is 292 g/mol. The molecular formula is C17H24O4. The number of esters is 1. The Bertz CT molecular complexity index is 414. The van der Waals surface area contributed by atoms with Crippen LogP contribution in [0, 0.1) is 0 Å². The number of ether oxygens (including phenoxy) is 2. The standard InChI is InChI=1S/C17H24O4/c1-2-21-17(19)12-6-10-16(18)11-7-13-20-14-15-8-4-3-5-9-15/h3-6,8-9,12,16,18H,2,7,10-11,13-14H2,1H3/b12-6+/t16-/m1/s1. The molecule has 1 rings (SSSR count). The van der Waals surface area contributed by atoms with Gasteiger partial charge in [0.2, 0.25) is 0 Å². The largest absolute Gasteiger partial charge is 0.463 e. The molecule has 0 fully saturated rings. The molecule has 1 aromatic carbocycles. The number of carbonyl (C=O) groups is 1. The van der Waals surface area contributed by atoms with Crippen molar-refractivity contribution < 1.29 is 19.4 Å². The zero-order valence-electron chi connectivity index (χ0n) is 12.5. The molecule has 0 saturated carbocycles. The summed E-state index contributed by atoms with van der Waals surface area (Å²) in [6.45, 7) is 3.34. The van der Waals surface area contributed by atoms with Crippen molar-refractivity contribution in [3.05, 3.63) is 48.0 Å². The SMILES string of the molecule is CCOC(=O)/C=C/C[C@@H](O)CCCOCc1ccccc1. The molecule has 1 aromatic rings. The van der Waals surface area contributed by atoms with Crippen LogP contribution in [0.2, 0.25) is 0 Å². The fourth-order valence-electron chi connectivity index (χ4n) is 1.81. The normalized spacial score (nSPS) is 12.5. The summed E-state index contributed by atoms with van der Waals surface area (Å²) in [7, 11) is 0. The summed E-state index contributed by atoms with van der Waals surface area (Å²) in [6.07, 6.45) is 4.46. The van der Waals surface area contributed by atoms with Crippen molar-refractivity contribution in [1.82, 2.24) is 0 Å². The highest BCUT2D eigenvalue weighted by molar-refractivity contribution is 5.81. The zero-order chi connectivity index (χ0) is 15.3. The third-order valence-corrected chi connectivity index (χ3v) is 2.89. The number of aliphatic hydroxyl groups excluding tert-OH is 1. The van der Waals surface area contributed by atoms with Crippen LogP contribution in [-0.4, -0.2) is 30.4 Å². The van der Waals surface area contributed by atoms with Crippen LogP contribution in [-0.2, 0) is 20.9 Å². The lowest BCUT2D eigenvalue weighted by molar-refractivity contribution is -0.137. The minimum absolute atomic E-state index is 0.365. The van der Waals surface area contributed by atoms with Crippen molar-refractivity contribution in [2.24, 2.45) is 0 Å². The molecule has 0 spiro atoms. The number of benzene rings is 1. The van der Waals surface area contributed by atoms with E-state index in [4.69, 9.17) is 9.47 Å². The maximum Gasteiger partial charge on any atom is 0.330 e. The van der Waals surface area contributed by atoms with E-state index in [2.05, 4.69) is 0 Å². The number of rotatable bonds is 10. The molecular weight excluding hydrogens is 268 g/mol. The quantitative estimate of drug-likeness (QED) is 0.409. The van der Waals surface area contributed by atoms with Gasteiger partial charge >= 0.3 is 5.97 Å². The maximum absolute atomic E-state index is 11.0. The highest BCUT2D eigenvalue weighted by Gasteiger charge is 2.02. The van der Waals surface area contributed by atoms with Gasteiger partial charge in [-0.25, -0.2) is 4.79 Å². The summed E-state index contributed by atoms with van der Waals surface area (Å²) in [5.41, 5.74) is 1.15. The molecule has 4 nitrogen and oxygen atoms in total. The molecule has 0 aliphatic heterocycles. The molecule has 0 amide bonds. The fraction of sp³-hybridized carbons (Fsp3) is 0.471. The molecule has 0 heterocycles.